The molecule has 3 aromatic heterocycles. The number of aliphatic hydroxyl groups excluding tert-OH is 1. The van der Waals surface area contributed by atoms with Crippen molar-refractivity contribution in [3.8, 4) is 0 Å². The van der Waals surface area contributed by atoms with Crippen molar-refractivity contribution >= 4 is 28.2 Å². The SMILES string of the molecule is CCn1ccc2cc(Nc3cnccn3)nc(NC3CCC(O)C3)c2c1=O. The normalized spacial score (nSPS) is 19.3. The van der Waals surface area contributed by atoms with Gasteiger partial charge in [-0.15, -0.1) is 0 Å². The molecule has 3 N–H and O–H groups in total. The molecule has 0 amide bonds. The predicted molar refractivity (Wildman–Crippen MR) is 104 cm³/mol. The van der Waals surface area contributed by atoms with Crippen LogP contribution in [0.2, 0.25) is 0 Å². The number of pyridine rings is 2. The van der Waals surface area contributed by atoms with Gasteiger partial charge in [-0.2, -0.15) is 0 Å². The first kappa shape index (κ1) is 17.4. The number of aliphatic hydroxyl groups is 1. The van der Waals surface area contributed by atoms with Crippen LogP contribution in [0, 0.1) is 0 Å². The van der Waals surface area contributed by atoms with Crippen molar-refractivity contribution < 1.29 is 5.11 Å². The van der Waals surface area contributed by atoms with Gasteiger partial charge in [0.2, 0.25) is 0 Å². The minimum atomic E-state index is -0.304. The molecule has 1 fully saturated rings. The fourth-order valence-electron chi connectivity index (χ4n) is 3.50. The van der Waals surface area contributed by atoms with E-state index in [9.17, 15) is 9.90 Å². The Balaban J connectivity index is 1.78. The minimum Gasteiger partial charge on any atom is -0.393 e. The molecule has 3 aromatic rings. The Bertz CT molecular complexity index is 1000. The zero-order valence-corrected chi connectivity index (χ0v) is 15.1. The molecule has 0 aliphatic heterocycles. The molecule has 0 aromatic carbocycles. The maximum Gasteiger partial charge on any atom is 0.262 e. The third kappa shape index (κ3) is 3.61. The van der Waals surface area contributed by atoms with E-state index in [1.807, 2.05) is 19.1 Å². The van der Waals surface area contributed by atoms with Crippen molar-refractivity contribution in [3.63, 3.8) is 0 Å². The second kappa shape index (κ2) is 7.32. The van der Waals surface area contributed by atoms with Crippen molar-refractivity contribution in [3.05, 3.63) is 47.3 Å². The van der Waals surface area contributed by atoms with Crippen LogP contribution in [0.3, 0.4) is 0 Å². The van der Waals surface area contributed by atoms with Crippen LogP contribution < -0.4 is 16.2 Å². The van der Waals surface area contributed by atoms with E-state index in [4.69, 9.17) is 0 Å². The molecule has 0 saturated heterocycles. The Morgan fingerprint density at radius 1 is 1.30 bits per heavy atom. The lowest BCUT2D eigenvalue weighted by atomic mass is 10.1. The van der Waals surface area contributed by atoms with Crippen LogP contribution in [0.25, 0.3) is 10.8 Å². The van der Waals surface area contributed by atoms with E-state index in [0.717, 1.165) is 18.2 Å². The van der Waals surface area contributed by atoms with Crippen LogP contribution in [0.15, 0.2) is 41.7 Å². The summed E-state index contributed by atoms with van der Waals surface area (Å²) in [7, 11) is 0. The van der Waals surface area contributed by atoms with E-state index >= 15 is 0 Å². The molecule has 27 heavy (non-hydrogen) atoms. The van der Waals surface area contributed by atoms with Gasteiger partial charge in [0.25, 0.3) is 5.56 Å². The number of nitrogens with one attached hydrogen (secondary N) is 2. The van der Waals surface area contributed by atoms with E-state index < -0.39 is 0 Å². The summed E-state index contributed by atoms with van der Waals surface area (Å²) in [5.41, 5.74) is -0.0744. The Labute approximate surface area is 156 Å². The Morgan fingerprint density at radius 2 is 2.19 bits per heavy atom. The topological polar surface area (TPSA) is 105 Å². The monoisotopic (exact) mass is 366 g/mol. The number of rotatable bonds is 5. The molecule has 140 valence electrons. The van der Waals surface area contributed by atoms with Crippen molar-refractivity contribution in [1.82, 2.24) is 19.5 Å². The number of fused-ring (bicyclic) bond motifs is 1. The van der Waals surface area contributed by atoms with Gasteiger partial charge in [0.15, 0.2) is 0 Å². The third-order valence-corrected chi connectivity index (χ3v) is 4.86. The van der Waals surface area contributed by atoms with Gasteiger partial charge in [-0.1, -0.05) is 0 Å². The van der Waals surface area contributed by atoms with E-state index in [1.54, 1.807) is 29.4 Å². The smallest absolute Gasteiger partial charge is 0.262 e. The van der Waals surface area contributed by atoms with Crippen LogP contribution in [-0.4, -0.2) is 36.8 Å². The lowest BCUT2D eigenvalue weighted by molar-refractivity contribution is 0.182. The molecule has 1 aliphatic rings. The second-order valence-electron chi connectivity index (χ2n) is 6.75. The van der Waals surface area contributed by atoms with Crippen LogP contribution in [0.5, 0.6) is 0 Å². The molecule has 3 heterocycles. The highest BCUT2D eigenvalue weighted by Crippen LogP contribution is 2.28. The van der Waals surface area contributed by atoms with E-state index in [0.29, 0.717) is 35.8 Å². The summed E-state index contributed by atoms with van der Waals surface area (Å²) in [6.07, 6.45) is 8.56. The first-order valence-electron chi connectivity index (χ1n) is 9.16. The maximum atomic E-state index is 12.9. The van der Waals surface area contributed by atoms with Crippen molar-refractivity contribution in [2.45, 2.75) is 44.9 Å². The van der Waals surface area contributed by atoms with Crippen LogP contribution in [0.4, 0.5) is 17.5 Å². The fraction of sp³-hybridized carbons (Fsp3) is 0.368. The molecule has 8 heteroatoms. The van der Waals surface area contributed by atoms with Crippen LogP contribution in [-0.2, 0) is 6.54 Å². The molecule has 2 atom stereocenters. The third-order valence-electron chi connectivity index (χ3n) is 4.86. The summed E-state index contributed by atoms with van der Waals surface area (Å²) >= 11 is 0. The number of hydrogen-bond donors (Lipinski definition) is 3. The number of nitrogens with zero attached hydrogens (tertiary/aromatic N) is 4. The van der Waals surface area contributed by atoms with E-state index in [-0.39, 0.29) is 17.7 Å². The highest BCUT2D eigenvalue weighted by atomic mass is 16.3. The van der Waals surface area contributed by atoms with Gasteiger partial charge < -0.3 is 20.3 Å². The number of aromatic nitrogens is 4. The standard InChI is InChI=1S/C19H22N6O2/c1-2-25-8-5-12-9-15(23-16-11-20-6-7-21-16)24-18(17(12)19(25)27)22-13-3-4-14(26)10-13/h5-9,11,13-14,26H,2-4,10H2,1H3,(H2,21,22,23,24). The number of anilines is 3. The molecular weight excluding hydrogens is 344 g/mol. The Morgan fingerprint density at radius 3 is 2.89 bits per heavy atom. The largest absolute Gasteiger partial charge is 0.393 e. The van der Waals surface area contributed by atoms with E-state index in [2.05, 4.69) is 25.6 Å². The van der Waals surface area contributed by atoms with E-state index in [1.165, 1.54) is 0 Å². The highest BCUT2D eigenvalue weighted by molar-refractivity contribution is 5.93. The number of aryl methyl sites for hydroxylation is 1. The van der Waals surface area contributed by atoms with Crippen molar-refractivity contribution in [2.75, 3.05) is 10.6 Å². The average Bonchev–Trinajstić information content (AvgIpc) is 3.07. The Hall–Kier alpha value is -3.00. The molecule has 8 nitrogen and oxygen atoms in total. The molecule has 1 aliphatic carbocycles. The molecule has 0 radical (unpaired) electrons. The van der Waals surface area contributed by atoms with Gasteiger partial charge >= 0.3 is 0 Å². The Kier molecular flexibility index (Phi) is 4.72. The highest BCUT2D eigenvalue weighted by Gasteiger charge is 2.24. The quantitative estimate of drug-likeness (QED) is 0.636. The van der Waals surface area contributed by atoms with Crippen LogP contribution >= 0.6 is 0 Å². The molecular formula is C19H22N6O2. The summed E-state index contributed by atoms with van der Waals surface area (Å²) in [4.78, 5) is 25.8. The van der Waals surface area contributed by atoms with Crippen molar-refractivity contribution in [1.29, 1.82) is 0 Å². The summed E-state index contributed by atoms with van der Waals surface area (Å²) < 4.78 is 1.66. The molecule has 0 bridgehead atoms. The lowest BCUT2D eigenvalue weighted by Gasteiger charge is -2.17. The predicted octanol–water partition coefficient (Wildman–Crippen LogP) is 2.28. The van der Waals surface area contributed by atoms with Gasteiger partial charge in [-0.3, -0.25) is 9.78 Å². The lowest BCUT2D eigenvalue weighted by Crippen LogP contribution is -2.23. The summed E-state index contributed by atoms with van der Waals surface area (Å²) in [5.74, 6) is 1.69. The van der Waals surface area contributed by atoms with Gasteiger partial charge in [0.05, 0.1) is 17.7 Å². The van der Waals surface area contributed by atoms with Crippen LogP contribution in [0.1, 0.15) is 26.2 Å². The molecule has 0 spiro atoms. The van der Waals surface area contributed by atoms with Gasteiger partial charge in [-0.25, -0.2) is 9.97 Å². The van der Waals surface area contributed by atoms with Crippen molar-refractivity contribution in [2.24, 2.45) is 0 Å². The molecule has 4 rings (SSSR count). The number of hydrogen-bond acceptors (Lipinski definition) is 7. The summed E-state index contributed by atoms with van der Waals surface area (Å²) in [5, 5.41) is 17.7. The average molecular weight is 366 g/mol. The van der Waals surface area contributed by atoms with Gasteiger partial charge in [-0.05, 0) is 43.7 Å². The zero-order valence-electron chi connectivity index (χ0n) is 15.1. The maximum absolute atomic E-state index is 12.9. The molecule has 1 saturated carbocycles. The summed E-state index contributed by atoms with van der Waals surface area (Å²) in [6.45, 7) is 2.53. The second-order valence-corrected chi connectivity index (χ2v) is 6.75. The minimum absolute atomic E-state index is 0.0744. The van der Waals surface area contributed by atoms with Gasteiger partial charge in [0.1, 0.15) is 17.5 Å². The first-order chi connectivity index (χ1) is 13.1. The molecule has 2 unspecified atom stereocenters. The fourth-order valence-corrected chi connectivity index (χ4v) is 3.50. The van der Waals surface area contributed by atoms with Gasteiger partial charge in [0, 0.05) is 31.2 Å². The first-order valence-corrected chi connectivity index (χ1v) is 9.16. The zero-order chi connectivity index (χ0) is 18.8. The summed E-state index contributed by atoms with van der Waals surface area (Å²) in [6, 6.07) is 3.84.